The monoisotopic (exact) mass is 395 g/mol. The molecule has 0 spiro atoms. The van der Waals surface area contributed by atoms with Gasteiger partial charge >= 0.3 is 0 Å². The van der Waals surface area contributed by atoms with Crippen molar-refractivity contribution in [1.82, 2.24) is 14.6 Å². The molecule has 4 nitrogen and oxygen atoms in total. The van der Waals surface area contributed by atoms with Crippen LogP contribution < -0.4 is 27.0 Å². The molecule has 0 aliphatic rings. The zero-order chi connectivity index (χ0) is 19.7. The summed E-state index contributed by atoms with van der Waals surface area (Å²) in [6.07, 6.45) is 3.70. The van der Waals surface area contributed by atoms with Crippen LogP contribution in [0.15, 0.2) is 109 Å². The molecule has 2 N–H and O–H groups in total. The summed E-state index contributed by atoms with van der Waals surface area (Å²) in [5.74, 6) is 0.577. The first kappa shape index (κ1) is 17.6. The maximum absolute atomic E-state index is 6.20. The zero-order valence-corrected chi connectivity index (χ0v) is 16.7. The molecular weight excluding hydrogens is 375 g/mol. The molecule has 140 valence electrons. The molecule has 0 unspecified atom stereocenters. The Morgan fingerprint density at radius 2 is 1.14 bits per heavy atom. The second-order valence-corrected chi connectivity index (χ2v) is 10.2. The van der Waals surface area contributed by atoms with Gasteiger partial charge < -0.3 is 5.73 Å². The second kappa shape index (κ2) is 7.16. The third-order valence-electron chi connectivity index (χ3n) is 5.20. The first-order chi connectivity index (χ1) is 14.3. The summed E-state index contributed by atoms with van der Waals surface area (Å²) in [5, 5.41) is 9.50. The van der Waals surface area contributed by atoms with Gasteiger partial charge in [-0.25, -0.2) is 4.98 Å². The molecule has 0 fully saturated rings. The molecule has 3 aromatic carbocycles. The minimum atomic E-state index is -2.22. The summed E-state index contributed by atoms with van der Waals surface area (Å²) in [4.78, 5) is 4.69. The van der Waals surface area contributed by atoms with Crippen LogP contribution in [0, 0.1) is 0 Å². The summed E-state index contributed by atoms with van der Waals surface area (Å²) in [7, 11) is -2.22. The highest BCUT2D eigenvalue weighted by Gasteiger charge is 2.50. The minimum Gasteiger partial charge on any atom is -0.384 e. The number of hydrogen-bond donors (Lipinski definition) is 1. The normalized spacial score (nSPS) is 11.6. The maximum atomic E-state index is 6.20. The van der Waals surface area contributed by atoms with Gasteiger partial charge in [0.15, 0.2) is 5.30 Å². The lowest BCUT2D eigenvalue weighted by atomic mass is 10.4. The zero-order valence-electron chi connectivity index (χ0n) is 15.8. The predicted octanol–water partition coefficient (Wildman–Crippen LogP) is 2.93. The van der Waals surface area contributed by atoms with Gasteiger partial charge in [-0.05, 0) is 42.5 Å². The van der Waals surface area contributed by atoms with Gasteiger partial charge in [-0.15, -0.1) is 0 Å². The Labute approximate surface area is 170 Å². The Kier molecular flexibility index (Phi) is 4.34. The van der Waals surface area contributed by atoms with Crippen LogP contribution in [0.4, 0.5) is 5.82 Å². The first-order valence-corrected chi connectivity index (χ1v) is 11.3. The van der Waals surface area contributed by atoms with Crippen LogP contribution in [-0.4, -0.2) is 14.6 Å². The Hall–Kier alpha value is -3.49. The molecule has 0 bridgehead atoms. The lowest BCUT2D eigenvalue weighted by Gasteiger charge is -2.26. The van der Waals surface area contributed by atoms with E-state index in [0.29, 0.717) is 5.82 Å². The summed E-state index contributed by atoms with van der Waals surface area (Å²) in [6.45, 7) is 0. The average molecular weight is 395 g/mol. The van der Waals surface area contributed by atoms with Gasteiger partial charge in [0.2, 0.25) is 5.65 Å². The number of aromatic nitrogens is 3. The molecule has 5 rings (SSSR count). The van der Waals surface area contributed by atoms with Gasteiger partial charge in [0.25, 0.3) is 0 Å². The third-order valence-corrected chi connectivity index (χ3v) is 9.46. The van der Waals surface area contributed by atoms with E-state index in [-0.39, 0.29) is 0 Å². The average Bonchev–Trinajstić information content (AvgIpc) is 3.23. The van der Waals surface area contributed by atoms with Crippen molar-refractivity contribution in [2.24, 2.45) is 0 Å². The molecule has 2 aromatic heterocycles. The van der Waals surface area contributed by atoms with E-state index < -0.39 is 7.26 Å². The Morgan fingerprint density at radius 3 is 1.62 bits per heavy atom. The predicted molar refractivity (Wildman–Crippen MR) is 122 cm³/mol. The Balaban J connectivity index is 1.97. The lowest BCUT2D eigenvalue weighted by molar-refractivity contribution is 0.952. The van der Waals surface area contributed by atoms with Crippen molar-refractivity contribution in [3.63, 3.8) is 0 Å². The van der Waals surface area contributed by atoms with Crippen LogP contribution in [0.25, 0.3) is 5.65 Å². The highest BCUT2D eigenvalue weighted by molar-refractivity contribution is 8.01. The van der Waals surface area contributed by atoms with Crippen LogP contribution in [0.3, 0.4) is 0 Å². The maximum Gasteiger partial charge on any atom is 0.201 e. The fourth-order valence-electron chi connectivity index (χ4n) is 3.95. The van der Waals surface area contributed by atoms with Gasteiger partial charge in [0.05, 0.1) is 6.20 Å². The van der Waals surface area contributed by atoms with Crippen molar-refractivity contribution >= 4 is 39.9 Å². The summed E-state index contributed by atoms with van der Waals surface area (Å²) < 4.78 is 1.74. The van der Waals surface area contributed by atoms with E-state index in [4.69, 9.17) is 10.7 Å². The molecule has 0 aliphatic carbocycles. The van der Waals surface area contributed by atoms with Crippen LogP contribution >= 0.6 is 7.26 Å². The van der Waals surface area contributed by atoms with E-state index >= 15 is 0 Å². The van der Waals surface area contributed by atoms with Crippen molar-refractivity contribution in [3.8, 4) is 0 Å². The van der Waals surface area contributed by atoms with Gasteiger partial charge in [-0.2, -0.15) is 9.61 Å². The standard InChI is InChI=1S/C24H20N4P/c25-23-16-17-26-24-22(18-27-28(23)24)29(19-10-4-1-5-11-19,20-12-6-2-7-13-20)21-14-8-3-9-15-21/h1-18H,25H2/q+1. The third kappa shape index (κ3) is 2.72. The quantitative estimate of drug-likeness (QED) is 0.476. The van der Waals surface area contributed by atoms with Crippen molar-refractivity contribution in [3.05, 3.63) is 109 Å². The minimum absolute atomic E-state index is 0.577. The van der Waals surface area contributed by atoms with E-state index in [1.54, 1.807) is 16.8 Å². The lowest BCUT2D eigenvalue weighted by Crippen LogP contribution is -2.38. The SMILES string of the molecule is Nc1ccnc2c([P+](c3ccccc3)(c3ccccc3)c3ccccc3)cnn12. The van der Waals surface area contributed by atoms with Crippen LogP contribution in [0.1, 0.15) is 0 Å². The molecule has 2 heterocycles. The van der Waals surface area contributed by atoms with E-state index in [2.05, 4.69) is 96.1 Å². The van der Waals surface area contributed by atoms with Gasteiger partial charge in [0, 0.05) is 6.20 Å². The van der Waals surface area contributed by atoms with Gasteiger partial charge in [0.1, 0.15) is 29.0 Å². The van der Waals surface area contributed by atoms with E-state index in [9.17, 15) is 0 Å². The molecule has 29 heavy (non-hydrogen) atoms. The van der Waals surface area contributed by atoms with Crippen LogP contribution in [0.5, 0.6) is 0 Å². The summed E-state index contributed by atoms with van der Waals surface area (Å²) >= 11 is 0. The van der Waals surface area contributed by atoms with Crippen LogP contribution in [-0.2, 0) is 0 Å². The van der Waals surface area contributed by atoms with Crippen molar-refractivity contribution in [2.75, 3.05) is 5.73 Å². The van der Waals surface area contributed by atoms with E-state index in [0.717, 1.165) is 11.0 Å². The Bertz CT molecular complexity index is 1150. The highest BCUT2D eigenvalue weighted by atomic mass is 31.2. The number of nitrogen functional groups attached to an aromatic ring is 1. The molecule has 0 aliphatic heterocycles. The molecule has 5 heteroatoms. The van der Waals surface area contributed by atoms with E-state index in [1.807, 2.05) is 6.20 Å². The number of anilines is 1. The first-order valence-electron chi connectivity index (χ1n) is 9.46. The molecule has 0 saturated carbocycles. The molecule has 0 saturated heterocycles. The highest BCUT2D eigenvalue weighted by Crippen LogP contribution is 2.54. The van der Waals surface area contributed by atoms with Gasteiger partial charge in [-0.1, -0.05) is 54.6 Å². The smallest absolute Gasteiger partial charge is 0.201 e. The topological polar surface area (TPSA) is 56.2 Å². The number of hydrogen-bond acceptors (Lipinski definition) is 3. The summed E-state index contributed by atoms with van der Waals surface area (Å²) in [5.41, 5.74) is 7.00. The molecule has 0 radical (unpaired) electrons. The van der Waals surface area contributed by atoms with Gasteiger partial charge in [-0.3, -0.25) is 0 Å². The number of nitrogens with two attached hydrogens (primary N) is 1. The number of benzene rings is 3. The van der Waals surface area contributed by atoms with E-state index in [1.165, 1.54) is 15.9 Å². The fraction of sp³-hybridized carbons (Fsp3) is 0. The molecule has 5 aromatic rings. The molecule has 0 atom stereocenters. The Morgan fingerprint density at radius 1 is 0.655 bits per heavy atom. The molecule has 0 amide bonds. The van der Waals surface area contributed by atoms with Crippen LogP contribution in [0.2, 0.25) is 0 Å². The summed E-state index contributed by atoms with van der Waals surface area (Å²) in [6, 6.07) is 33.8. The number of nitrogens with zero attached hydrogens (tertiary/aromatic N) is 3. The largest absolute Gasteiger partial charge is 0.384 e. The van der Waals surface area contributed by atoms with Crippen molar-refractivity contribution in [2.45, 2.75) is 0 Å². The molecular formula is C24H20N4P+. The van der Waals surface area contributed by atoms with Crippen molar-refractivity contribution < 1.29 is 0 Å². The fourth-order valence-corrected chi connectivity index (χ4v) is 8.22. The number of fused-ring (bicyclic) bond motifs is 1. The second-order valence-electron chi connectivity index (χ2n) is 6.81. The van der Waals surface area contributed by atoms with Crippen molar-refractivity contribution in [1.29, 1.82) is 0 Å². The number of rotatable bonds is 4.